The van der Waals surface area contributed by atoms with Gasteiger partial charge in [-0.2, -0.15) is 0 Å². The van der Waals surface area contributed by atoms with Crippen LogP contribution in [0.5, 0.6) is 0 Å². The molecule has 2 N–H and O–H groups in total. The molecule has 1 heterocycles. The fraction of sp³-hybridized carbons (Fsp3) is 0.611. The highest BCUT2D eigenvalue weighted by Crippen LogP contribution is 2.41. The van der Waals surface area contributed by atoms with Crippen molar-refractivity contribution in [3.05, 3.63) is 34.4 Å². The van der Waals surface area contributed by atoms with Gasteiger partial charge >= 0.3 is 0 Å². The molecule has 0 radical (unpaired) electrons. The molecule has 1 saturated heterocycles. The van der Waals surface area contributed by atoms with Crippen LogP contribution in [0, 0.1) is 11.6 Å². The summed E-state index contributed by atoms with van der Waals surface area (Å²) in [5.74, 6) is -5.73. The number of rotatable bonds is 4. The summed E-state index contributed by atoms with van der Waals surface area (Å²) in [5, 5.41) is 5.63. The van der Waals surface area contributed by atoms with Crippen molar-refractivity contribution in [1.82, 2.24) is 15.5 Å². The van der Waals surface area contributed by atoms with Gasteiger partial charge < -0.3 is 10.6 Å². The highest BCUT2D eigenvalue weighted by Gasteiger charge is 2.46. The van der Waals surface area contributed by atoms with Crippen molar-refractivity contribution in [2.45, 2.75) is 37.1 Å². The van der Waals surface area contributed by atoms with Gasteiger partial charge in [0, 0.05) is 56.1 Å². The first-order chi connectivity index (χ1) is 12.7. The first kappa shape index (κ1) is 20.4. The monoisotopic (exact) mass is 407 g/mol. The molecule has 3 rings (SSSR count). The molecule has 150 valence electrons. The Kier molecular flexibility index (Phi) is 5.98. The molecule has 2 aliphatic rings. The van der Waals surface area contributed by atoms with E-state index in [4.69, 9.17) is 11.6 Å². The number of piperazine rings is 1. The number of halogens is 5. The SMILES string of the molecule is O=C(NCC1(N2CCNCC2)CCC(F)(F)CC1)c1c(F)cc(Cl)cc1F. The molecular weight excluding hydrogens is 386 g/mol. The maximum absolute atomic E-state index is 14.0. The molecule has 0 spiro atoms. The van der Waals surface area contributed by atoms with E-state index >= 15 is 0 Å². The van der Waals surface area contributed by atoms with E-state index in [9.17, 15) is 22.4 Å². The van der Waals surface area contributed by atoms with E-state index in [0.29, 0.717) is 13.1 Å². The van der Waals surface area contributed by atoms with Gasteiger partial charge in [-0.1, -0.05) is 11.6 Å². The second-order valence-corrected chi connectivity index (χ2v) is 7.68. The lowest BCUT2D eigenvalue weighted by molar-refractivity contribution is -0.0831. The van der Waals surface area contributed by atoms with Crippen LogP contribution in [0.25, 0.3) is 0 Å². The average Bonchev–Trinajstić information content (AvgIpc) is 2.61. The summed E-state index contributed by atoms with van der Waals surface area (Å²) in [6.45, 7) is 2.86. The van der Waals surface area contributed by atoms with Gasteiger partial charge in [0.15, 0.2) is 0 Å². The molecule has 4 nitrogen and oxygen atoms in total. The van der Waals surface area contributed by atoms with Gasteiger partial charge in [-0.05, 0) is 25.0 Å². The number of benzene rings is 1. The maximum Gasteiger partial charge on any atom is 0.257 e. The van der Waals surface area contributed by atoms with Crippen molar-refractivity contribution in [1.29, 1.82) is 0 Å². The average molecular weight is 408 g/mol. The number of hydrogen-bond acceptors (Lipinski definition) is 3. The maximum atomic E-state index is 14.0. The molecular formula is C18H22ClF4N3O. The summed E-state index contributed by atoms with van der Waals surface area (Å²) in [4.78, 5) is 14.5. The fourth-order valence-corrected chi connectivity index (χ4v) is 4.11. The number of nitrogens with one attached hydrogen (secondary N) is 2. The summed E-state index contributed by atoms with van der Waals surface area (Å²) in [6.07, 6.45) is -0.106. The molecule has 0 aromatic heterocycles. The summed E-state index contributed by atoms with van der Waals surface area (Å²) in [5.41, 5.74) is -1.35. The smallest absolute Gasteiger partial charge is 0.257 e. The van der Waals surface area contributed by atoms with Gasteiger partial charge in [0.05, 0.1) is 0 Å². The number of carbonyl (C=O) groups is 1. The minimum absolute atomic E-state index is 0.0589. The second kappa shape index (κ2) is 7.93. The third-order valence-electron chi connectivity index (χ3n) is 5.51. The molecule has 27 heavy (non-hydrogen) atoms. The number of alkyl halides is 2. The first-order valence-corrected chi connectivity index (χ1v) is 9.37. The van der Waals surface area contributed by atoms with E-state index in [-0.39, 0.29) is 37.3 Å². The Morgan fingerprint density at radius 3 is 2.22 bits per heavy atom. The Hall–Kier alpha value is -1.38. The van der Waals surface area contributed by atoms with E-state index in [1.165, 1.54) is 0 Å². The number of hydrogen-bond donors (Lipinski definition) is 2. The lowest BCUT2D eigenvalue weighted by Gasteiger charge is -2.49. The van der Waals surface area contributed by atoms with Crippen LogP contribution in [-0.2, 0) is 0 Å². The number of amides is 1. The minimum Gasteiger partial charge on any atom is -0.350 e. The predicted octanol–water partition coefficient (Wildman–Crippen LogP) is 3.20. The van der Waals surface area contributed by atoms with Gasteiger partial charge in [0.1, 0.15) is 17.2 Å². The largest absolute Gasteiger partial charge is 0.350 e. The molecule has 0 unspecified atom stereocenters. The molecule has 0 bridgehead atoms. The van der Waals surface area contributed by atoms with Crippen molar-refractivity contribution < 1.29 is 22.4 Å². The van der Waals surface area contributed by atoms with Gasteiger partial charge in [0.2, 0.25) is 5.92 Å². The van der Waals surface area contributed by atoms with Crippen molar-refractivity contribution in [2.24, 2.45) is 0 Å². The van der Waals surface area contributed by atoms with E-state index in [1.54, 1.807) is 0 Å². The summed E-state index contributed by atoms with van der Waals surface area (Å²) >= 11 is 5.58. The van der Waals surface area contributed by atoms with Crippen molar-refractivity contribution in [2.75, 3.05) is 32.7 Å². The van der Waals surface area contributed by atoms with E-state index in [2.05, 4.69) is 15.5 Å². The zero-order valence-electron chi connectivity index (χ0n) is 14.8. The zero-order valence-corrected chi connectivity index (χ0v) is 15.5. The van der Waals surface area contributed by atoms with Crippen LogP contribution >= 0.6 is 11.6 Å². The topological polar surface area (TPSA) is 44.4 Å². The van der Waals surface area contributed by atoms with Crippen molar-refractivity contribution in [3.63, 3.8) is 0 Å². The molecule has 1 amide bonds. The molecule has 1 aliphatic carbocycles. The molecule has 9 heteroatoms. The van der Waals surface area contributed by atoms with Crippen LogP contribution in [0.2, 0.25) is 5.02 Å². The predicted molar refractivity (Wildman–Crippen MR) is 94.3 cm³/mol. The van der Waals surface area contributed by atoms with E-state index in [0.717, 1.165) is 25.2 Å². The lowest BCUT2D eigenvalue weighted by Crippen LogP contribution is -2.62. The highest BCUT2D eigenvalue weighted by atomic mass is 35.5. The summed E-state index contributed by atoms with van der Waals surface area (Å²) in [7, 11) is 0. The number of nitrogens with zero attached hydrogens (tertiary/aromatic N) is 1. The second-order valence-electron chi connectivity index (χ2n) is 7.24. The quantitative estimate of drug-likeness (QED) is 0.753. The van der Waals surface area contributed by atoms with Gasteiger partial charge in [-0.3, -0.25) is 9.69 Å². The van der Waals surface area contributed by atoms with Crippen LogP contribution in [0.4, 0.5) is 17.6 Å². The van der Waals surface area contributed by atoms with Gasteiger partial charge in [-0.15, -0.1) is 0 Å². The highest BCUT2D eigenvalue weighted by molar-refractivity contribution is 6.30. The zero-order chi connectivity index (χ0) is 19.7. The van der Waals surface area contributed by atoms with Crippen LogP contribution in [0.1, 0.15) is 36.0 Å². The Labute approximate surface area is 160 Å². The normalized spacial score (nSPS) is 22.4. The van der Waals surface area contributed by atoms with E-state index < -0.39 is 34.6 Å². The fourth-order valence-electron chi connectivity index (χ4n) is 3.92. The number of carbonyl (C=O) groups excluding carboxylic acids is 1. The Morgan fingerprint density at radius 1 is 1.11 bits per heavy atom. The Bertz CT molecular complexity index is 677. The van der Waals surface area contributed by atoms with Crippen molar-refractivity contribution >= 4 is 17.5 Å². The molecule has 1 saturated carbocycles. The summed E-state index contributed by atoms with van der Waals surface area (Å²) < 4.78 is 55.3. The van der Waals surface area contributed by atoms with Crippen LogP contribution < -0.4 is 10.6 Å². The lowest BCUT2D eigenvalue weighted by atomic mass is 9.78. The summed E-state index contributed by atoms with van der Waals surface area (Å²) in [6, 6.07) is 1.74. The molecule has 1 aliphatic heterocycles. The van der Waals surface area contributed by atoms with Crippen LogP contribution in [0.15, 0.2) is 12.1 Å². The molecule has 1 aromatic rings. The van der Waals surface area contributed by atoms with Crippen LogP contribution in [-0.4, -0.2) is 55.0 Å². The van der Waals surface area contributed by atoms with E-state index in [1.807, 2.05) is 0 Å². The third-order valence-corrected chi connectivity index (χ3v) is 5.73. The van der Waals surface area contributed by atoms with Crippen LogP contribution in [0.3, 0.4) is 0 Å². The third kappa shape index (κ3) is 4.55. The molecule has 2 fully saturated rings. The minimum atomic E-state index is -2.71. The van der Waals surface area contributed by atoms with Gasteiger partial charge in [0.25, 0.3) is 5.91 Å². The Balaban J connectivity index is 1.76. The Morgan fingerprint density at radius 2 is 1.67 bits per heavy atom. The standard InChI is InChI=1S/C18H22ClF4N3O/c19-12-9-13(20)15(14(21)10-12)16(27)25-11-17(26-7-5-24-6-8-26)1-3-18(22,23)4-2-17/h9-10,24H,1-8,11H2,(H,25,27). The van der Waals surface area contributed by atoms with Crippen molar-refractivity contribution in [3.8, 4) is 0 Å². The van der Waals surface area contributed by atoms with Gasteiger partial charge in [-0.25, -0.2) is 17.6 Å². The molecule has 1 aromatic carbocycles. The first-order valence-electron chi connectivity index (χ1n) is 8.99. The molecule has 0 atom stereocenters.